The number of methoxy groups -OCH3 is 1. The van der Waals surface area contributed by atoms with Gasteiger partial charge < -0.3 is 9.84 Å². The molecule has 14 heavy (non-hydrogen) atoms. The number of likely N-dealkylation sites (tertiary alicyclic amines) is 1. The van der Waals surface area contributed by atoms with Gasteiger partial charge in [-0.1, -0.05) is 6.92 Å². The SMILES string of the molecule is COCC1(C)CCN(CC(=O)O)CC1. The molecule has 1 saturated heterocycles. The summed E-state index contributed by atoms with van der Waals surface area (Å²) in [6, 6.07) is 0. The predicted molar refractivity (Wildman–Crippen MR) is 53.3 cm³/mol. The van der Waals surface area contributed by atoms with E-state index in [-0.39, 0.29) is 12.0 Å². The third-order valence-corrected chi connectivity index (χ3v) is 2.91. The van der Waals surface area contributed by atoms with E-state index in [1.807, 2.05) is 4.90 Å². The van der Waals surface area contributed by atoms with Crippen LogP contribution in [0, 0.1) is 5.41 Å². The molecule has 1 fully saturated rings. The van der Waals surface area contributed by atoms with E-state index in [1.165, 1.54) is 0 Å². The lowest BCUT2D eigenvalue weighted by Gasteiger charge is -2.38. The zero-order valence-corrected chi connectivity index (χ0v) is 8.95. The minimum atomic E-state index is -0.736. The van der Waals surface area contributed by atoms with E-state index in [9.17, 15) is 4.79 Å². The van der Waals surface area contributed by atoms with Crippen LogP contribution in [0.25, 0.3) is 0 Å². The molecule has 0 amide bonds. The van der Waals surface area contributed by atoms with Gasteiger partial charge in [-0.3, -0.25) is 9.69 Å². The Morgan fingerprint density at radius 3 is 2.50 bits per heavy atom. The first-order valence-corrected chi connectivity index (χ1v) is 4.99. The maximum atomic E-state index is 10.5. The summed E-state index contributed by atoms with van der Waals surface area (Å²) in [5, 5.41) is 8.63. The molecule has 1 rings (SSSR count). The molecule has 0 saturated carbocycles. The first-order valence-electron chi connectivity index (χ1n) is 4.99. The molecule has 0 bridgehead atoms. The van der Waals surface area contributed by atoms with Crippen LogP contribution in [0.5, 0.6) is 0 Å². The van der Waals surface area contributed by atoms with Crippen LogP contribution >= 0.6 is 0 Å². The van der Waals surface area contributed by atoms with E-state index < -0.39 is 5.97 Å². The first kappa shape index (κ1) is 11.5. The summed E-state index contributed by atoms with van der Waals surface area (Å²) in [4.78, 5) is 12.5. The van der Waals surface area contributed by atoms with Crippen LogP contribution in [0.2, 0.25) is 0 Å². The first-order chi connectivity index (χ1) is 6.56. The number of hydrogen-bond donors (Lipinski definition) is 1. The van der Waals surface area contributed by atoms with Gasteiger partial charge in [-0.15, -0.1) is 0 Å². The van der Waals surface area contributed by atoms with Crippen LogP contribution < -0.4 is 0 Å². The van der Waals surface area contributed by atoms with Gasteiger partial charge in [-0.25, -0.2) is 0 Å². The fourth-order valence-electron chi connectivity index (χ4n) is 1.94. The average molecular weight is 201 g/mol. The molecule has 0 aromatic rings. The maximum Gasteiger partial charge on any atom is 0.317 e. The van der Waals surface area contributed by atoms with Crippen molar-refractivity contribution in [3.8, 4) is 0 Å². The molecular weight excluding hydrogens is 182 g/mol. The summed E-state index contributed by atoms with van der Waals surface area (Å²) < 4.78 is 5.17. The number of aliphatic carboxylic acids is 1. The molecule has 1 aliphatic heterocycles. The lowest BCUT2D eigenvalue weighted by molar-refractivity contribution is -0.139. The number of rotatable bonds is 4. The largest absolute Gasteiger partial charge is 0.480 e. The Labute approximate surface area is 84.8 Å². The second-order valence-corrected chi connectivity index (χ2v) is 4.41. The number of nitrogens with zero attached hydrogens (tertiary/aromatic N) is 1. The summed E-state index contributed by atoms with van der Waals surface area (Å²) in [7, 11) is 1.72. The number of ether oxygens (including phenoxy) is 1. The quantitative estimate of drug-likeness (QED) is 0.731. The molecule has 0 aliphatic carbocycles. The summed E-state index contributed by atoms with van der Waals surface area (Å²) in [5.74, 6) is -0.736. The zero-order valence-electron chi connectivity index (χ0n) is 8.95. The molecular formula is C10H19NO3. The minimum absolute atomic E-state index is 0.170. The average Bonchev–Trinajstić information content (AvgIpc) is 2.09. The van der Waals surface area contributed by atoms with Gasteiger partial charge in [-0.05, 0) is 31.3 Å². The van der Waals surface area contributed by atoms with E-state index in [0.717, 1.165) is 32.5 Å². The van der Waals surface area contributed by atoms with E-state index in [4.69, 9.17) is 9.84 Å². The van der Waals surface area contributed by atoms with E-state index in [1.54, 1.807) is 7.11 Å². The summed E-state index contributed by atoms with van der Waals surface area (Å²) >= 11 is 0. The number of piperidine rings is 1. The number of carbonyl (C=O) groups is 1. The summed E-state index contributed by atoms with van der Waals surface area (Å²) in [6.45, 7) is 4.88. The number of carboxylic acid groups (broad SMARTS) is 1. The van der Waals surface area contributed by atoms with Crippen molar-refractivity contribution in [3.63, 3.8) is 0 Å². The highest BCUT2D eigenvalue weighted by molar-refractivity contribution is 5.69. The smallest absolute Gasteiger partial charge is 0.317 e. The molecule has 0 radical (unpaired) electrons. The van der Waals surface area contributed by atoms with Crippen LogP contribution in [-0.4, -0.2) is 49.3 Å². The van der Waals surface area contributed by atoms with Crippen LogP contribution in [0.4, 0.5) is 0 Å². The van der Waals surface area contributed by atoms with Crippen molar-refractivity contribution in [3.05, 3.63) is 0 Å². The van der Waals surface area contributed by atoms with Gasteiger partial charge in [0.2, 0.25) is 0 Å². The molecule has 82 valence electrons. The minimum Gasteiger partial charge on any atom is -0.480 e. The number of carboxylic acids is 1. The maximum absolute atomic E-state index is 10.5. The molecule has 0 atom stereocenters. The summed E-state index contributed by atoms with van der Waals surface area (Å²) in [5.41, 5.74) is 0.240. The highest BCUT2D eigenvalue weighted by atomic mass is 16.5. The van der Waals surface area contributed by atoms with Crippen molar-refractivity contribution in [1.29, 1.82) is 0 Å². The van der Waals surface area contributed by atoms with Gasteiger partial charge in [0.25, 0.3) is 0 Å². The van der Waals surface area contributed by atoms with Crippen molar-refractivity contribution in [2.24, 2.45) is 5.41 Å². The highest BCUT2D eigenvalue weighted by Crippen LogP contribution is 2.30. The van der Waals surface area contributed by atoms with E-state index in [0.29, 0.717) is 0 Å². The van der Waals surface area contributed by atoms with Crippen LogP contribution in [0.3, 0.4) is 0 Å². The van der Waals surface area contributed by atoms with Crippen molar-refractivity contribution in [2.45, 2.75) is 19.8 Å². The molecule has 0 aromatic carbocycles. The lowest BCUT2D eigenvalue weighted by atomic mass is 9.81. The van der Waals surface area contributed by atoms with Gasteiger partial charge in [0.1, 0.15) is 0 Å². The second kappa shape index (κ2) is 4.75. The molecule has 1 heterocycles. The van der Waals surface area contributed by atoms with Gasteiger partial charge in [-0.2, -0.15) is 0 Å². The van der Waals surface area contributed by atoms with Gasteiger partial charge in [0, 0.05) is 7.11 Å². The monoisotopic (exact) mass is 201 g/mol. The van der Waals surface area contributed by atoms with Crippen LogP contribution in [0.1, 0.15) is 19.8 Å². The Kier molecular flexibility index (Phi) is 3.89. The second-order valence-electron chi connectivity index (χ2n) is 4.41. The predicted octanol–water partition coefficient (Wildman–Crippen LogP) is 0.820. The van der Waals surface area contributed by atoms with Crippen LogP contribution in [-0.2, 0) is 9.53 Å². The van der Waals surface area contributed by atoms with E-state index in [2.05, 4.69) is 6.92 Å². The molecule has 0 unspecified atom stereocenters. The number of hydrogen-bond acceptors (Lipinski definition) is 3. The third-order valence-electron chi connectivity index (χ3n) is 2.91. The Bertz CT molecular complexity index is 198. The third kappa shape index (κ3) is 3.27. The molecule has 0 spiro atoms. The molecule has 4 nitrogen and oxygen atoms in total. The van der Waals surface area contributed by atoms with Crippen LogP contribution in [0.15, 0.2) is 0 Å². The molecule has 1 N–H and O–H groups in total. The molecule has 1 aliphatic rings. The Morgan fingerprint density at radius 1 is 1.50 bits per heavy atom. The fourth-order valence-corrected chi connectivity index (χ4v) is 1.94. The van der Waals surface area contributed by atoms with E-state index >= 15 is 0 Å². The Morgan fingerprint density at radius 2 is 2.07 bits per heavy atom. The summed E-state index contributed by atoms with van der Waals surface area (Å²) in [6.07, 6.45) is 2.04. The van der Waals surface area contributed by atoms with Gasteiger partial charge in [0.05, 0.1) is 13.2 Å². The highest BCUT2D eigenvalue weighted by Gasteiger charge is 2.30. The van der Waals surface area contributed by atoms with Gasteiger partial charge in [0.15, 0.2) is 0 Å². The standard InChI is InChI=1S/C10H19NO3/c1-10(8-14-2)3-5-11(6-4-10)7-9(12)13/h3-8H2,1-2H3,(H,12,13). The molecule has 4 heteroatoms. The van der Waals surface area contributed by atoms with Gasteiger partial charge >= 0.3 is 5.97 Å². The Hall–Kier alpha value is -0.610. The van der Waals surface area contributed by atoms with Crippen molar-refractivity contribution in [2.75, 3.05) is 33.4 Å². The zero-order chi connectivity index (χ0) is 10.6. The molecule has 0 aromatic heterocycles. The Balaban J connectivity index is 2.33. The normalized spacial score (nSPS) is 22.1. The fraction of sp³-hybridized carbons (Fsp3) is 0.900. The van der Waals surface area contributed by atoms with Crippen molar-refractivity contribution in [1.82, 2.24) is 4.90 Å². The van der Waals surface area contributed by atoms with Crippen molar-refractivity contribution < 1.29 is 14.6 Å². The lowest BCUT2D eigenvalue weighted by Crippen LogP contribution is -2.42. The van der Waals surface area contributed by atoms with Crippen molar-refractivity contribution >= 4 is 5.97 Å². The topological polar surface area (TPSA) is 49.8 Å².